The van der Waals surface area contributed by atoms with Crippen LogP contribution in [0.5, 0.6) is 0 Å². The van der Waals surface area contributed by atoms with Gasteiger partial charge in [-0.05, 0) is 118 Å². The van der Waals surface area contributed by atoms with Crippen molar-refractivity contribution < 1.29 is 0 Å². The van der Waals surface area contributed by atoms with E-state index in [2.05, 4.69) is 268 Å². The second kappa shape index (κ2) is 20.9. The quantitative estimate of drug-likeness (QED) is 0.0699. The van der Waals surface area contributed by atoms with Crippen molar-refractivity contribution in [1.29, 1.82) is 0 Å². The molecule has 7 aromatic carbocycles. The second-order valence-electron chi connectivity index (χ2n) is 18.3. The van der Waals surface area contributed by atoms with Crippen LogP contribution in [0.3, 0.4) is 0 Å². The summed E-state index contributed by atoms with van der Waals surface area (Å²) in [5.74, 6) is 0. The maximum Gasteiger partial charge on any atom is 0.145 e. The molecule has 2 aliphatic carbocycles. The average molecular weight is 904 g/mol. The smallest absolute Gasteiger partial charge is 0.145 e. The lowest BCUT2D eigenvalue weighted by Gasteiger charge is -2.32. The van der Waals surface area contributed by atoms with Gasteiger partial charge in [0.1, 0.15) is 6.17 Å². The number of hydrogen-bond donors (Lipinski definition) is 1. The van der Waals surface area contributed by atoms with Crippen molar-refractivity contribution in [2.24, 2.45) is 9.98 Å². The summed E-state index contributed by atoms with van der Waals surface area (Å²) in [6.07, 6.45) is 22.7. The van der Waals surface area contributed by atoms with E-state index in [0.29, 0.717) is 0 Å². The van der Waals surface area contributed by atoms with Crippen LogP contribution in [0.15, 0.2) is 282 Å². The molecule has 3 heteroatoms. The summed E-state index contributed by atoms with van der Waals surface area (Å²) >= 11 is 0. The molecule has 2 atom stereocenters. The van der Waals surface area contributed by atoms with Gasteiger partial charge in [0.15, 0.2) is 0 Å². The molecule has 0 spiro atoms. The number of benzene rings is 7. The molecule has 1 aliphatic heterocycles. The number of nitrogens with one attached hydrogen (secondary N) is 1. The van der Waals surface area contributed by atoms with Gasteiger partial charge in [0.25, 0.3) is 0 Å². The summed E-state index contributed by atoms with van der Waals surface area (Å²) in [5, 5.41) is 3.81. The van der Waals surface area contributed by atoms with Crippen LogP contribution in [0, 0.1) is 0 Å². The molecular weight excluding hydrogens is 847 g/mol. The van der Waals surface area contributed by atoms with Crippen LogP contribution in [-0.2, 0) is 5.41 Å². The third-order valence-corrected chi connectivity index (χ3v) is 13.7. The Hall–Kier alpha value is -8.40. The first kappa shape index (κ1) is 45.4. The molecule has 3 aliphatic rings. The largest absolute Gasteiger partial charge is 0.360 e. The molecule has 340 valence electrons. The van der Waals surface area contributed by atoms with Crippen LogP contribution in [-0.4, -0.2) is 17.6 Å². The van der Waals surface area contributed by atoms with Crippen molar-refractivity contribution in [2.75, 3.05) is 0 Å². The highest BCUT2D eigenvalue weighted by atomic mass is 15.1. The molecular formula is C67H57N3. The van der Waals surface area contributed by atoms with E-state index in [1.807, 2.05) is 6.07 Å². The molecule has 0 aromatic heterocycles. The van der Waals surface area contributed by atoms with Crippen LogP contribution in [0.1, 0.15) is 77.6 Å². The van der Waals surface area contributed by atoms with Gasteiger partial charge in [-0.3, -0.25) is 9.98 Å². The van der Waals surface area contributed by atoms with Crippen molar-refractivity contribution in [3.8, 4) is 11.1 Å². The van der Waals surface area contributed by atoms with Gasteiger partial charge in [-0.15, -0.1) is 0 Å². The van der Waals surface area contributed by atoms with E-state index in [1.165, 1.54) is 44.5 Å². The Morgan fingerprint density at radius 3 is 1.80 bits per heavy atom. The van der Waals surface area contributed by atoms with E-state index in [1.54, 1.807) is 0 Å². The Labute approximate surface area is 414 Å². The third kappa shape index (κ3) is 10.1. The number of rotatable bonds is 13. The summed E-state index contributed by atoms with van der Waals surface area (Å²) in [7, 11) is 0. The van der Waals surface area contributed by atoms with Crippen LogP contribution in [0.2, 0.25) is 0 Å². The van der Waals surface area contributed by atoms with E-state index in [9.17, 15) is 0 Å². The summed E-state index contributed by atoms with van der Waals surface area (Å²) < 4.78 is 0. The SMILES string of the molecule is C=C(/C=C(\N=C(/C)c1ccccc1)c1ccc(C(C)(c2ccccc2)c2ccc(C3=CC(c4ccc(-c5ccccc5)cc4)=NC(C4=CCCC=C4)N3)cc2)cc1)C1=CCC=C(c2ccccc2)C=C1. The first-order chi connectivity index (χ1) is 34.4. The van der Waals surface area contributed by atoms with Crippen molar-refractivity contribution in [3.05, 3.63) is 317 Å². The highest BCUT2D eigenvalue weighted by molar-refractivity contribution is 6.13. The average Bonchev–Trinajstić information content (AvgIpc) is 3.71. The van der Waals surface area contributed by atoms with Crippen molar-refractivity contribution in [2.45, 2.75) is 44.7 Å². The Morgan fingerprint density at radius 1 is 0.571 bits per heavy atom. The predicted octanol–water partition coefficient (Wildman–Crippen LogP) is 16.1. The van der Waals surface area contributed by atoms with Crippen LogP contribution < -0.4 is 5.32 Å². The zero-order valence-electron chi connectivity index (χ0n) is 40.0. The summed E-state index contributed by atoms with van der Waals surface area (Å²) in [5.41, 5.74) is 19.3. The molecule has 0 saturated heterocycles. The minimum Gasteiger partial charge on any atom is -0.360 e. The molecule has 10 rings (SSSR count). The maximum absolute atomic E-state index is 5.30. The normalized spacial score (nSPS) is 16.9. The molecule has 70 heavy (non-hydrogen) atoms. The Kier molecular flexibility index (Phi) is 13.5. The summed E-state index contributed by atoms with van der Waals surface area (Å²) in [6, 6.07) is 69.2. The van der Waals surface area contributed by atoms with Gasteiger partial charge in [-0.2, -0.15) is 0 Å². The lowest BCUT2D eigenvalue weighted by Crippen LogP contribution is -2.33. The van der Waals surface area contributed by atoms with Crippen LogP contribution in [0.4, 0.5) is 0 Å². The van der Waals surface area contributed by atoms with Gasteiger partial charge < -0.3 is 5.32 Å². The van der Waals surface area contributed by atoms with E-state index >= 15 is 0 Å². The minimum absolute atomic E-state index is 0.185. The molecule has 0 radical (unpaired) electrons. The molecule has 2 unspecified atom stereocenters. The molecule has 0 bridgehead atoms. The lowest BCUT2D eigenvalue weighted by atomic mass is 9.71. The molecule has 1 N–H and O–H groups in total. The Balaban J connectivity index is 0.973. The number of nitrogens with zero attached hydrogens (tertiary/aromatic N) is 2. The van der Waals surface area contributed by atoms with Crippen molar-refractivity contribution in [3.63, 3.8) is 0 Å². The molecule has 0 amide bonds. The van der Waals surface area contributed by atoms with E-state index in [0.717, 1.165) is 75.5 Å². The standard InChI is InChI=1S/C67H57N3/c1-48(50-28-19-29-54(33-32-50)52-22-11-5-12-23-52)46-63(68-49(2)51-20-9-4-10-21-51)57-38-42-61(43-39-57)67(3,60-30-17-8-18-31-60)62-44-40-58(41-45-62)65-47-64(69-66(70-65)59-26-15-7-16-27-59)56-36-34-55(35-37-56)53-24-13-6-14-25-53/h4-6,8-15,17-18,20-47,66,70H,1,7,16,19H2,2-3H3/b63-46-,68-49+. The van der Waals surface area contributed by atoms with E-state index in [-0.39, 0.29) is 6.17 Å². The number of aliphatic imine (C=N–C) groups is 2. The van der Waals surface area contributed by atoms with Crippen LogP contribution >= 0.6 is 0 Å². The van der Waals surface area contributed by atoms with Crippen molar-refractivity contribution >= 4 is 28.4 Å². The Bertz CT molecular complexity index is 3270. The fourth-order valence-electron chi connectivity index (χ4n) is 9.61. The van der Waals surface area contributed by atoms with Gasteiger partial charge in [-0.25, -0.2) is 0 Å². The Morgan fingerprint density at radius 2 is 1.14 bits per heavy atom. The monoisotopic (exact) mass is 903 g/mol. The van der Waals surface area contributed by atoms with E-state index < -0.39 is 5.41 Å². The molecule has 3 nitrogen and oxygen atoms in total. The van der Waals surface area contributed by atoms with Gasteiger partial charge in [0.2, 0.25) is 0 Å². The highest BCUT2D eigenvalue weighted by Crippen LogP contribution is 2.40. The van der Waals surface area contributed by atoms with Gasteiger partial charge >= 0.3 is 0 Å². The predicted molar refractivity (Wildman–Crippen MR) is 297 cm³/mol. The lowest BCUT2D eigenvalue weighted by molar-refractivity contribution is 0.691. The van der Waals surface area contributed by atoms with Gasteiger partial charge in [0.05, 0.1) is 11.4 Å². The molecule has 0 saturated carbocycles. The number of allylic oxidation sites excluding steroid dienone is 11. The number of hydrogen-bond acceptors (Lipinski definition) is 3. The van der Waals surface area contributed by atoms with Gasteiger partial charge in [0, 0.05) is 22.4 Å². The van der Waals surface area contributed by atoms with Crippen molar-refractivity contribution in [1.82, 2.24) is 5.32 Å². The zero-order valence-corrected chi connectivity index (χ0v) is 40.0. The zero-order chi connectivity index (χ0) is 47.7. The van der Waals surface area contributed by atoms with E-state index in [4.69, 9.17) is 9.98 Å². The topological polar surface area (TPSA) is 36.8 Å². The minimum atomic E-state index is -0.462. The van der Waals surface area contributed by atoms with Crippen LogP contribution in [0.25, 0.3) is 28.1 Å². The first-order valence-corrected chi connectivity index (χ1v) is 24.4. The fraction of sp³-hybridized carbons (Fsp3) is 0.104. The summed E-state index contributed by atoms with van der Waals surface area (Å²) in [4.78, 5) is 10.6. The molecule has 7 aromatic rings. The van der Waals surface area contributed by atoms with Gasteiger partial charge in [-0.1, -0.05) is 243 Å². The maximum atomic E-state index is 5.30. The fourth-order valence-corrected chi connectivity index (χ4v) is 9.61. The summed E-state index contributed by atoms with van der Waals surface area (Å²) in [6.45, 7) is 9.01. The third-order valence-electron chi connectivity index (χ3n) is 13.7. The molecule has 0 fully saturated rings. The first-order valence-electron chi connectivity index (χ1n) is 24.4. The highest BCUT2D eigenvalue weighted by Gasteiger charge is 2.32. The second-order valence-corrected chi connectivity index (χ2v) is 18.3. The molecule has 1 heterocycles.